The zero-order valence-electron chi connectivity index (χ0n) is 8.70. The van der Waals surface area contributed by atoms with Crippen LogP contribution in [0.25, 0.3) is 11.4 Å². The van der Waals surface area contributed by atoms with Gasteiger partial charge in [0, 0.05) is 5.56 Å². The highest BCUT2D eigenvalue weighted by molar-refractivity contribution is 5.57. The fraction of sp³-hybridized carbons (Fsp3) is 0.167. The molecule has 0 saturated carbocycles. The molecule has 0 aliphatic rings. The van der Waals surface area contributed by atoms with E-state index in [4.69, 9.17) is 5.26 Å². The lowest BCUT2D eigenvalue weighted by Gasteiger charge is -1.96. The van der Waals surface area contributed by atoms with Crippen LogP contribution in [0.5, 0.6) is 0 Å². The molecule has 2 rings (SSSR count). The van der Waals surface area contributed by atoms with Gasteiger partial charge in [-0.3, -0.25) is 0 Å². The molecule has 3 heteroatoms. The van der Waals surface area contributed by atoms with E-state index in [1.165, 1.54) is 5.56 Å². The summed E-state index contributed by atoms with van der Waals surface area (Å²) >= 11 is 0. The van der Waals surface area contributed by atoms with E-state index in [1.807, 2.05) is 38.1 Å². The Balaban J connectivity index is 2.46. The van der Waals surface area contributed by atoms with Crippen molar-refractivity contribution in [3.63, 3.8) is 0 Å². The summed E-state index contributed by atoms with van der Waals surface area (Å²) in [5, 5.41) is 8.79. The van der Waals surface area contributed by atoms with Gasteiger partial charge in [0.05, 0.1) is 5.69 Å². The van der Waals surface area contributed by atoms with E-state index < -0.39 is 0 Å². The maximum Gasteiger partial charge on any atom is 0.161 e. The van der Waals surface area contributed by atoms with Crippen LogP contribution in [0, 0.1) is 25.2 Å². The normalized spacial score (nSPS) is 9.93. The number of hydrogen-bond donors (Lipinski definition) is 1. The Morgan fingerprint density at radius 3 is 2.40 bits per heavy atom. The first-order valence-electron chi connectivity index (χ1n) is 4.74. The molecule has 0 atom stereocenters. The number of aryl methyl sites for hydroxylation is 2. The minimum atomic E-state index is 0.463. The highest BCUT2D eigenvalue weighted by Gasteiger charge is 2.06. The van der Waals surface area contributed by atoms with E-state index in [1.54, 1.807) is 0 Å². The fourth-order valence-corrected chi connectivity index (χ4v) is 1.42. The van der Waals surface area contributed by atoms with Gasteiger partial charge >= 0.3 is 0 Å². The van der Waals surface area contributed by atoms with Gasteiger partial charge in [-0.1, -0.05) is 29.8 Å². The molecule has 0 amide bonds. The minimum Gasteiger partial charge on any atom is -0.341 e. The van der Waals surface area contributed by atoms with E-state index in [2.05, 4.69) is 16.0 Å². The molecule has 0 fully saturated rings. The number of nitrogens with one attached hydrogen (secondary N) is 1. The third-order valence-electron chi connectivity index (χ3n) is 2.32. The number of benzene rings is 1. The molecule has 0 aliphatic carbocycles. The smallest absolute Gasteiger partial charge is 0.161 e. The van der Waals surface area contributed by atoms with Crippen molar-refractivity contribution in [3.8, 4) is 17.5 Å². The summed E-state index contributed by atoms with van der Waals surface area (Å²) in [4.78, 5) is 7.31. The predicted molar refractivity (Wildman–Crippen MR) is 58.2 cm³/mol. The Bertz CT molecular complexity index is 515. The predicted octanol–water partition coefficient (Wildman–Crippen LogP) is 2.57. The molecule has 2 aromatic rings. The number of nitrogens with zero attached hydrogens (tertiary/aromatic N) is 2. The monoisotopic (exact) mass is 197 g/mol. The summed E-state index contributed by atoms with van der Waals surface area (Å²) in [6.07, 6.45) is 0. The molecular weight excluding hydrogens is 186 g/mol. The van der Waals surface area contributed by atoms with Crippen molar-refractivity contribution in [2.45, 2.75) is 13.8 Å². The van der Waals surface area contributed by atoms with Gasteiger partial charge in [0.2, 0.25) is 0 Å². The van der Waals surface area contributed by atoms with Crippen LogP contribution in [0.2, 0.25) is 0 Å². The number of rotatable bonds is 1. The van der Waals surface area contributed by atoms with Crippen LogP contribution in [-0.4, -0.2) is 9.97 Å². The highest BCUT2D eigenvalue weighted by atomic mass is 14.9. The van der Waals surface area contributed by atoms with E-state index in [-0.39, 0.29) is 0 Å². The zero-order valence-corrected chi connectivity index (χ0v) is 8.70. The third-order valence-corrected chi connectivity index (χ3v) is 2.32. The molecule has 74 valence electrons. The summed E-state index contributed by atoms with van der Waals surface area (Å²) in [6.45, 7) is 3.89. The lowest BCUT2D eigenvalue weighted by molar-refractivity contribution is 1.25. The Morgan fingerprint density at radius 2 is 1.87 bits per heavy atom. The minimum absolute atomic E-state index is 0.463. The van der Waals surface area contributed by atoms with Gasteiger partial charge in [-0.2, -0.15) is 5.26 Å². The molecule has 3 nitrogen and oxygen atoms in total. The van der Waals surface area contributed by atoms with Crippen molar-refractivity contribution in [2.24, 2.45) is 0 Å². The fourth-order valence-electron chi connectivity index (χ4n) is 1.42. The lowest BCUT2D eigenvalue weighted by atomic mass is 10.1. The number of hydrogen-bond acceptors (Lipinski definition) is 2. The summed E-state index contributed by atoms with van der Waals surface area (Å²) in [7, 11) is 0. The maximum atomic E-state index is 8.79. The van der Waals surface area contributed by atoms with Gasteiger partial charge < -0.3 is 4.98 Å². The molecule has 0 saturated heterocycles. The first kappa shape index (κ1) is 9.47. The van der Waals surface area contributed by atoms with Crippen LogP contribution in [0.3, 0.4) is 0 Å². The van der Waals surface area contributed by atoms with Gasteiger partial charge in [0.25, 0.3) is 0 Å². The highest BCUT2D eigenvalue weighted by Crippen LogP contribution is 2.17. The first-order chi connectivity index (χ1) is 7.20. The van der Waals surface area contributed by atoms with Crippen molar-refractivity contribution in [1.82, 2.24) is 9.97 Å². The molecule has 0 spiro atoms. The van der Waals surface area contributed by atoms with E-state index in [9.17, 15) is 0 Å². The molecule has 0 aliphatic heterocycles. The largest absolute Gasteiger partial charge is 0.341 e. The van der Waals surface area contributed by atoms with Gasteiger partial charge in [0.15, 0.2) is 5.69 Å². The summed E-state index contributed by atoms with van der Waals surface area (Å²) < 4.78 is 0. The average molecular weight is 197 g/mol. The number of imidazole rings is 1. The second-order valence-electron chi connectivity index (χ2n) is 3.54. The van der Waals surface area contributed by atoms with Crippen molar-refractivity contribution in [1.29, 1.82) is 5.26 Å². The molecular formula is C12H11N3. The molecule has 15 heavy (non-hydrogen) atoms. The standard InChI is InChI=1S/C12H11N3/c1-8-3-5-10(6-4-8)12-14-9(2)11(7-13)15-12/h3-6H,1-2H3,(H,14,15). The summed E-state index contributed by atoms with van der Waals surface area (Å²) in [6, 6.07) is 10.1. The molecule has 1 heterocycles. The number of aromatic nitrogens is 2. The zero-order chi connectivity index (χ0) is 10.8. The Labute approximate surface area is 88.4 Å². The Hall–Kier alpha value is -2.08. The molecule has 0 bridgehead atoms. The molecule has 1 aromatic heterocycles. The van der Waals surface area contributed by atoms with Crippen LogP contribution < -0.4 is 0 Å². The number of H-pyrrole nitrogens is 1. The third kappa shape index (κ3) is 1.75. The van der Waals surface area contributed by atoms with Gasteiger partial charge in [0.1, 0.15) is 11.9 Å². The second kappa shape index (κ2) is 3.58. The van der Waals surface area contributed by atoms with E-state index >= 15 is 0 Å². The van der Waals surface area contributed by atoms with Gasteiger partial charge in [-0.05, 0) is 13.8 Å². The number of nitriles is 1. The average Bonchev–Trinajstić information content (AvgIpc) is 2.61. The lowest BCUT2D eigenvalue weighted by Crippen LogP contribution is -1.80. The van der Waals surface area contributed by atoms with Crippen molar-refractivity contribution >= 4 is 0 Å². The van der Waals surface area contributed by atoms with Crippen LogP contribution >= 0.6 is 0 Å². The van der Waals surface area contributed by atoms with E-state index in [0.717, 1.165) is 17.1 Å². The van der Waals surface area contributed by atoms with Gasteiger partial charge in [-0.25, -0.2) is 4.98 Å². The quantitative estimate of drug-likeness (QED) is 0.763. The van der Waals surface area contributed by atoms with E-state index in [0.29, 0.717) is 5.69 Å². The maximum absolute atomic E-state index is 8.79. The number of aromatic amines is 1. The summed E-state index contributed by atoms with van der Waals surface area (Å²) in [5.41, 5.74) is 3.49. The summed E-state index contributed by atoms with van der Waals surface area (Å²) in [5.74, 6) is 0.754. The molecule has 1 aromatic carbocycles. The first-order valence-corrected chi connectivity index (χ1v) is 4.74. The van der Waals surface area contributed by atoms with Crippen LogP contribution in [0.4, 0.5) is 0 Å². The van der Waals surface area contributed by atoms with Gasteiger partial charge in [-0.15, -0.1) is 0 Å². The van der Waals surface area contributed by atoms with Crippen molar-refractivity contribution in [3.05, 3.63) is 41.2 Å². The SMILES string of the molecule is Cc1ccc(-c2nc(C#N)c(C)[nH]2)cc1. The Kier molecular flexibility index (Phi) is 2.26. The molecule has 1 N–H and O–H groups in total. The van der Waals surface area contributed by atoms with Crippen molar-refractivity contribution < 1.29 is 0 Å². The van der Waals surface area contributed by atoms with Crippen LogP contribution in [-0.2, 0) is 0 Å². The van der Waals surface area contributed by atoms with Crippen LogP contribution in [0.1, 0.15) is 17.0 Å². The Morgan fingerprint density at radius 1 is 1.20 bits per heavy atom. The topological polar surface area (TPSA) is 52.5 Å². The van der Waals surface area contributed by atoms with Crippen molar-refractivity contribution in [2.75, 3.05) is 0 Å². The second-order valence-corrected chi connectivity index (χ2v) is 3.54. The molecule has 0 unspecified atom stereocenters. The molecule has 0 radical (unpaired) electrons. The van der Waals surface area contributed by atoms with Crippen LogP contribution in [0.15, 0.2) is 24.3 Å².